The summed E-state index contributed by atoms with van der Waals surface area (Å²) in [5.41, 5.74) is -1.05. The molecule has 0 aliphatic heterocycles. The van der Waals surface area contributed by atoms with Crippen molar-refractivity contribution in [3.63, 3.8) is 0 Å². The van der Waals surface area contributed by atoms with Crippen molar-refractivity contribution < 1.29 is 9.90 Å². The number of carboxylic acid groups (broad SMARTS) is 1. The van der Waals surface area contributed by atoms with Crippen LogP contribution in [0.15, 0.2) is 0 Å². The quantitative estimate of drug-likeness (QED) is 0.759. The minimum atomic E-state index is -1.05. The zero-order valence-corrected chi connectivity index (χ0v) is 8.56. The van der Waals surface area contributed by atoms with Gasteiger partial charge in [0.25, 0.3) is 0 Å². The van der Waals surface area contributed by atoms with Gasteiger partial charge in [0.2, 0.25) is 0 Å². The van der Waals surface area contributed by atoms with Gasteiger partial charge in [-0.05, 0) is 23.8 Å². The van der Waals surface area contributed by atoms with Crippen molar-refractivity contribution in [1.29, 1.82) is 0 Å². The maximum atomic E-state index is 11.1. The van der Waals surface area contributed by atoms with Crippen molar-refractivity contribution in [1.82, 2.24) is 20.2 Å². The topological polar surface area (TPSA) is 80.9 Å². The van der Waals surface area contributed by atoms with E-state index in [1.807, 2.05) is 6.92 Å². The SMILES string of the molecule is CCc1nnnn1C(C)(CC)C(=O)O. The number of tetrazole rings is 1. The zero-order chi connectivity index (χ0) is 10.8. The molecule has 0 saturated carbocycles. The number of aryl methyl sites for hydroxylation is 1. The van der Waals surface area contributed by atoms with E-state index in [4.69, 9.17) is 5.11 Å². The zero-order valence-electron chi connectivity index (χ0n) is 8.56. The molecule has 1 atom stereocenters. The Morgan fingerprint density at radius 1 is 1.57 bits per heavy atom. The summed E-state index contributed by atoms with van der Waals surface area (Å²) in [6.45, 7) is 5.31. The molecule has 1 aromatic heterocycles. The number of hydrogen-bond donors (Lipinski definition) is 1. The first-order valence-electron chi connectivity index (χ1n) is 4.57. The van der Waals surface area contributed by atoms with E-state index in [-0.39, 0.29) is 0 Å². The summed E-state index contributed by atoms with van der Waals surface area (Å²) in [6, 6.07) is 0. The number of carbonyl (C=O) groups is 1. The normalized spacial score (nSPS) is 15.1. The third-order valence-electron chi connectivity index (χ3n) is 2.47. The summed E-state index contributed by atoms with van der Waals surface area (Å²) >= 11 is 0. The van der Waals surface area contributed by atoms with Crippen molar-refractivity contribution in [2.75, 3.05) is 0 Å². The third kappa shape index (κ3) is 1.47. The van der Waals surface area contributed by atoms with Gasteiger partial charge in [0.1, 0.15) is 0 Å². The second kappa shape index (κ2) is 3.73. The van der Waals surface area contributed by atoms with Gasteiger partial charge in [0.15, 0.2) is 11.4 Å². The lowest BCUT2D eigenvalue weighted by Crippen LogP contribution is -2.40. The van der Waals surface area contributed by atoms with E-state index in [9.17, 15) is 4.79 Å². The molecule has 6 heteroatoms. The van der Waals surface area contributed by atoms with Crippen molar-refractivity contribution in [3.05, 3.63) is 5.82 Å². The molecule has 1 rings (SSSR count). The van der Waals surface area contributed by atoms with Crippen LogP contribution in [-0.2, 0) is 16.8 Å². The fourth-order valence-corrected chi connectivity index (χ4v) is 1.20. The van der Waals surface area contributed by atoms with E-state index in [1.54, 1.807) is 13.8 Å². The molecule has 78 valence electrons. The molecule has 1 heterocycles. The molecule has 1 aromatic rings. The number of hydrogen-bond acceptors (Lipinski definition) is 4. The van der Waals surface area contributed by atoms with E-state index >= 15 is 0 Å². The minimum Gasteiger partial charge on any atom is -0.479 e. The Balaban J connectivity index is 3.18. The maximum Gasteiger partial charge on any atom is 0.331 e. The van der Waals surface area contributed by atoms with Gasteiger partial charge in [-0.1, -0.05) is 13.8 Å². The highest BCUT2D eigenvalue weighted by atomic mass is 16.4. The van der Waals surface area contributed by atoms with Crippen LogP contribution in [0.4, 0.5) is 0 Å². The predicted molar refractivity (Wildman–Crippen MR) is 48.8 cm³/mol. The second-order valence-corrected chi connectivity index (χ2v) is 3.29. The van der Waals surface area contributed by atoms with E-state index < -0.39 is 11.5 Å². The molecule has 0 aromatic carbocycles. The van der Waals surface area contributed by atoms with Gasteiger partial charge in [0, 0.05) is 6.42 Å². The van der Waals surface area contributed by atoms with Crippen molar-refractivity contribution in [2.24, 2.45) is 0 Å². The first-order valence-corrected chi connectivity index (χ1v) is 4.57. The van der Waals surface area contributed by atoms with Gasteiger partial charge in [-0.25, -0.2) is 9.48 Å². The first-order chi connectivity index (χ1) is 6.56. The minimum absolute atomic E-state index is 0.445. The average Bonchev–Trinajstić information content (AvgIpc) is 2.64. The highest BCUT2D eigenvalue weighted by molar-refractivity contribution is 5.76. The van der Waals surface area contributed by atoms with Gasteiger partial charge in [-0.3, -0.25) is 0 Å². The summed E-state index contributed by atoms with van der Waals surface area (Å²) in [7, 11) is 0. The van der Waals surface area contributed by atoms with Crippen LogP contribution in [0.25, 0.3) is 0 Å². The van der Waals surface area contributed by atoms with Crippen molar-refractivity contribution >= 4 is 5.97 Å². The lowest BCUT2D eigenvalue weighted by molar-refractivity contribution is -0.147. The first kappa shape index (κ1) is 10.6. The van der Waals surface area contributed by atoms with Crippen LogP contribution < -0.4 is 0 Å². The fourth-order valence-electron chi connectivity index (χ4n) is 1.20. The van der Waals surface area contributed by atoms with Crippen LogP contribution in [0.3, 0.4) is 0 Å². The Bertz CT molecular complexity index is 336. The van der Waals surface area contributed by atoms with Crippen LogP contribution in [0, 0.1) is 0 Å². The molecular weight excluding hydrogens is 184 g/mol. The van der Waals surface area contributed by atoms with E-state index in [2.05, 4.69) is 15.5 Å². The Morgan fingerprint density at radius 3 is 2.64 bits per heavy atom. The largest absolute Gasteiger partial charge is 0.479 e. The van der Waals surface area contributed by atoms with Gasteiger partial charge < -0.3 is 5.11 Å². The highest BCUT2D eigenvalue weighted by Gasteiger charge is 2.36. The monoisotopic (exact) mass is 198 g/mol. The molecule has 0 saturated heterocycles. The lowest BCUT2D eigenvalue weighted by Gasteiger charge is -2.23. The number of nitrogens with zero attached hydrogens (tertiary/aromatic N) is 4. The summed E-state index contributed by atoms with van der Waals surface area (Å²) in [5, 5.41) is 20.1. The Labute approximate surface area is 81.9 Å². The van der Waals surface area contributed by atoms with Gasteiger partial charge in [0.05, 0.1) is 0 Å². The smallest absolute Gasteiger partial charge is 0.331 e. The molecule has 0 spiro atoms. The van der Waals surface area contributed by atoms with Crippen LogP contribution in [-0.4, -0.2) is 31.3 Å². The highest BCUT2D eigenvalue weighted by Crippen LogP contribution is 2.20. The Kier molecular flexibility index (Phi) is 2.83. The van der Waals surface area contributed by atoms with Gasteiger partial charge in [-0.2, -0.15) is 0 Å². The van der Waals surface area contributed by atoms with E-state index in [0.717, 1.165) is 0 Å². The molecule has 6 nitrogen and oxygen atoms in total. The van der Waals surface area contributed by atoms with Gasteiger partial charge >= 0.3 is 5.97 Å². The summed E-state index contributed by atoms with van der Waals surface area (Å²) in [4.78, 5) is 11.1. The number of rotatable bonds is 4. The van der Waals surface area contributed by atoms with Gasteiger partial charge in [-0.15, -0.1) is 5.10 Å². The van der Waals surface area contributed by atoms with Crippen LogP contribution in [0.2, 0.25) is 0 Å². The molecule has 0 bridgehead atoms. The van der Waals surface area contributed by atoms with Crippen molar-refractivity contribution in [3.8, 4) is 0 Å². The average molecular weight is 198 g/mol. The van der Waals surface area contributed by atoms with Crippen LogP contribution in [0.1, 0.15) is 33.0 Å². The number of aliphatic carboxylic acids is 1. The molecule has 0 aliphatic rings. The summed E-state index contributed by atoms with van der Waals surface area (Å²) < 4.78 is 1.38. The number of carboxylic acids is 1. The molecule has 1 N–H and O–H groups in total. The standard InChI is InChI=1S/C8H14N4O2/c1-4-6-9-10-11-12(6)8(3,5-2)7(13)14/h4-5H2,1-3H3,(H,13,14). The van der Waals surface area contributed by atoms with E-state index in [0.29, 0.717) is 18.7 Å². The summed E-state index contributed by atoms with van der Waals surface area (Å²) in [5.74, 6) is -0.321. The molecule has 0 fully saturated rings. The Morgan fingerprint density at radius 2 is 2.21 bits per heavy atom. The molecule has 1 unspecified atom stereocenters. The molecular formula is C8H14N4O2. The van der Waals surface area contributed by atoms with Crippen molar-refractivity contribution in [2.45, 2.75) is 39.2 Å². The predicted octanol–water partition coefficient (Wildman–Crippen LogP) is 0.445. The molecule has 0 radical (unpaired) electrons. The lowest BCUT2D eigenvalue weighted by atomic mass is 9.99. The summed E-state index contributed by atoms with van der Waals surface area (Å²) in [6.07, 6.45) is 1.07. The second-order valence-electron chi connectivity index (χ2n) is 3.29. The molecule has 0 amide bonds. The van der Waals surface area contributed by atoms with Crippen LogP contribution >= 0.6 is 0 Å². The molecule has 14 heavy (non-hydrogen) atoms. The van der Waals surface area contributed by atoms with E-state index in [1.165, 1.54) is 4.68 Å². The number of aromatic nitrogens is 4. The molecule has 0 aliphatic carbocycles. The third-order valence-corrected chi connectivity index (χ3v) is 2.47. The fraction of sp³-hybridized carbons (Fsp3) is 0.750. The van der Waals surface area contributed by atoms with Crippen LogP contribution in [0.5, 0.6) is 0 Å². The maximum absolute atomic E-state index is 11.1. The Hall–Kier alpha value is -1.46.